The van der Waals surface area contributed by atoms with Crippen molar-refractivity contribution in [2.45, 2.75) is 38.8 Å². The number of hydrogen-bond acceptors (Lipinski definition) is 3. The third-order valence-electron chi connectivity index (χ3n) is 4.57. The van der Waals surface area contributed by atoms with Gasteiger partial charge >= 0.3 is 0 Å². The molecule has 1 aromatic rings. The van der Waals surface area contributed by atoms with Gasteiger partial charge in [0.05, 0.1) is 19.0 Å². The molecule has 2 aliphatic rings. The molecule has 3 rings (SSSR count). The summed E-state index contributed by atoms with van der Waals surface area (Å²) in [5, 5.41) is 0. The van der Waals surface area contributed by atoms with Crippen molar-refractivity contribution < 1.29 is 18.7 Å². The Hall–Kier alpha value is -2.11. The molecular formula is C18H23FN2O3. The van der Waals surface area contributed by atoms with Gasteiger partial charge in [0.15, 0.2) is 11.6 Å². The Morgan fingerprint density at radius 3 is 2.46 bits per heavy atom. The van der Waals surface area contributed by atoms with Crippen molar-refractivity contribution in [1.82, 2.24) is 9.80 Å². The van der Waals surface area contributed by atoms with Gasteiger partial charge in [-0.05, 0) is 32.9 Å². The second-order valence-electron chi connectivity index (χ2n) is 7.49. The van der Waals surface area contributed by atoms with Crippen LogP contribution in [0.4, 0.5) is 4.39 Å². The number of nitrogens with zero attached hydrogens (tertiary/aromatic N) is 2. The largest absolute Gasteiger partial charge is 0.484 e. The second-order valence-corrected chi connectivity index (χ2v) is 7.49. The predicted molar refractivity (Wildman–Crippen MR) is 87.0 cm³/mol. The van der Waals surface area contributed by atoms with Crippen molar-refractivity contribution in [3.63, 3.8) is 0 Å². The summed E-state index contributed by atoms with van der Waals surface area (Å²) in [5.41, 5.74) is -0.266. The first-order valence-electron chi connectivity index (χ1n) is 8.26. The van der Waals surface area contributed by atoms with Crippen LogP contribution in [0.25, 0.3) is 0 Å². The van der Waals surface area contributed by atoms with Gasteiger partial charge in [-0.1, -0.05) is 12.1 Å². The van der Waals surface area contributed by atoms with E-state index in [1.165, 1.54) is 6.07 Å². The summed E-state index contributed by atoms with van der Waals surface area (Å²) >= 11 is 0. The van der Waals surface area contributed by atoms with Gasteiger partial charge in [0.2, 0.25) is 11.8 Å². The summed E-state index contributed by atoms with van der Waals surface area (Å²) in [7, 11) is 0. The van der Waals surface area contributed by atoms with Crippen molar-refractivity contribution in [1.29, 1.82) is 0 Å². The molecule has 130 valence electrons. The van der Waals surface area contributed by atoms with Gasteiger partial charge in [-0.15, -0.1) is 0 Å². The van der Waals surface area contributed by atoms with E-state index in [-0.39, 0.29) is 41.5 Å². The monoisotopic (exact) mass is 334 g/mol. The normalized spacial score (nSPS) is 21.8. The number of carbonyl (C=O) groups excluding carboxylic acids is 2. The maximum atomic E-state index is 13.6. The first-order chi connectivity index (χ1) is 11.3. The van der Waals surface area contributed by atoms with Gasteiger partial charge in [0.1, 0.15) is 6.10 Å². The molecule has 0 aliphatic carbocycles. The zero-order valence-electron chi connectivity index (χ0n) is 14.3. The first kappa shape index (κ1) is 16.7. The van der Waals surface area contributed by atoms with Crippen LogP contribution in [0.2, 0.25) is 0 Å². The average molecular weight is 334 g/mol. The molecule has 0 bridgehead atoms. The lowest BCUT2D eigenvalue weighted by Crippen LogP contribution is -2.58. The van der Waals surface area contributed by atoms with Crippen molar-refractivity contribution in [2.24, 2.45) is 5.92 Å². The van der Waals surface area contributed by atoms with Crippen LogP contribution >= 0.6 is 0 Å². The van der Waals surface area contributed by atoms with E-state index in [0.717, 1.165) is 0 Å². The standard InChI is InChI=1S/C18H23FN2O3/c1-18(2,3)21-9-12(8-16(21)22)17(23)20-10-13(11-20)24-15-7-5-4-6-14(15)19/h4-7,12-13H,8-11H2,1-3H3/t12-/m1/s1. The Morgan fingerprint density at radius 2 is 1.88 bits per heavy atom. The highest BCUT2D eigenvalue weighted by Gasteiger charge is 2.43. The molecule has 2 fully saturated rings. The van der Waals surface area contributed by atoms with Crippen LogP contribution in [0.3, 0.4) is 0 Å². The highest BCUT2D eigenvalue weighted by molar-refractivity contribution is 5.90. The highest BCUT2D eigenvalue weighted by Crippen LogP contribution is 2.29. The van der Waals surface area contributed by atoms with Crippen LogP contribution in [0.15, 0.2) is 24.3 Å². The molecule has 0 N–H and O–H groups in total. The fraction of sp³-hybridized carbons (Fsp3) is 0.556. The van der Waals surface area contributed by atoms with Crippen molar-refractivity contribution in [3.8, 4) is 5.75 Å². The molecule has 24 heavy (non-hydrogen) atoms. The van der Waals surface area contributed by atoms with Crippen LogP contribution in [0, 0.1) is 11.7 Å². The summed E-state index contributed by atoms with van der Waals surface area (Å²) in [6.07, 6.45) is 0.0764. The molecule has 0 aromatic heterocycles. The fourth-order valence-corrected chi connectivity index (χ4v) is 3.19. The van der Waals surface area contributed by atoms with E-state index in [2.05, 4.69) is 0 Å². The molecule has 1 aromatic carbocycles. The number of halogens is 1. The number of ether oxygens (including phenoxy) is 1. The number of benzene rings is 1. The third kappa shape index (κ3) is 3.23. The van der Waals surface area contributed by atoms with Crippen molar-refractivity contribution in [3.05, 3.63) is 30.1 Å². The first-order valence-corrected chi connectivity index (χ1v) is 8.26. The van der Waals surface area contributed by atoms with Crippen LogP contribution in [0.5, 0.6) is 5.75 Å². The van der Waals surface area contributed by atoms with Gasteiger partial charge in [-0.3, -0.25) is 9.59 Å². The number of likely N-dealkylation sites (tertiary alicyclic amines) is 2. The topological polar surface area (TPSA) is 49.9 Å². The fourth-order valence-electron chi connectivity index (χ4n) is 3.19. The van der Waals surface area contributed by atoms with Crippen molar-refractivity contribution in [2.75, 3.05) is 19.6 Å². The molecule has 0 unspecified atom stereocenters. The molecule has 2 heterocycles. The second kappa shape index (κ2) is 6.07. The zero-order chi connectivity index (χ0) is 17.5. The third-order valence-corrected chi connectivity index (χ3v) is 4.57. The smallest absolute Gasteiger partial charge is 0.228 e. The van der Waals surface area contributed by atoms with Gasteiger partial charge in [-0.25, -0.2) is 4.39 Å². The Kier molecular flexibility index (Phi) is 4.24. The average Bonchev–Trinajstić information content (AvgIpc) is 2.85. The Balaban J connectivity index is 1.52. The van der Waals surface area contributed by atoms with E-state index in [4.69, 9.17) is 4.74 Å². The summed E-state index contributed by atoms with van der Waals surface area (Å²) in [6.45, 7) is 7.26. The minimum absolute atomic E-state index is 0.0107. The Labute approximate surface area is 141 Å². The van der Waals surface area contributed by atoms with E-state index in [1.54, 1.807) is 28.0 Å². The summed E-state index contributed by atoms with van der Waals surface area (Å²) in [6, 6.07) is 6.25. The molecular weight excluding hydrogens is 311 g/mol. The van der Waals surface area contributed by atoms with E-state index >= 15 is 0 Å². The lowest BCUT2D eigenvalue weighted by atomic mass is 10.0. The molecule has 0 spiro atoms. The molecule has 2 aliphatic heterocycles. The molecule has 2 saturated heterocycles. The number of amides is 2. The van der Waals surface area contributed by atoms with Gasteiger partial charge in [0, 0.05) is 18.5 Å². The van der Waals surface area contributed by atoms with Crippen LogP contribution < -0.4 is 4.74 Å². The van der Waals surface area contributed by atoms with Gasteiger partial charge < -0.3 is 14.5 Å². The van der Waals surface area contributed by atoms with Crippen LogP contribution in [0.1, 0.15) is 27.2 Å². The van der Waals surface area contributed by atoms with Crippen molar-refractivity contribution >= 4 is 11.8 Å². The molecule has 6 heteroatoms. The van der Waals surface area contributed by atoms with Crippen LogP contribution in [-0.4, -0.2) is 52.9 Å². The molecule has 1 atom stereocenters. The summed E-state index contributed by atoms with van der Waals surface area (Å²) in [4.78, 5) is 28.1. The van der Waals surface area contributed by atoms with Gasteiger partial charge in [-0.2, -0.15) is 0 Å². The van der Waals surface area contributed by atoms with E-state index in [1.807, 2.05) is 20.8 Å². The maximum Gasteiger partial charge on any atom is 0.228 e. The molecule has 0 radical (unpaired) electrons. The van der Waals surface area contributed by atoms with E-state index in [0.29, 0.717) is 19.6 Å². The van der Waals surface area contributed by atoms with E-state index in [9.17, 15) is 14.0 Å². The SMILES string of the molecule is CC(C)(C)N1C[C@H](C(=O)N2CC(Oc3ccccc3F)C2)CC1=O. The minimum atomic E-state index is -0.399. The lowest BCUT2D eigenvalue weighted by molar-refractivity contribution is -0.144. The molecule has 5 nitrogen and oxygen atoms in total. The quantitative estimate of drug-likeness (QED) is 0.850. The number of carbonyl (C=O) groups is 2. The van der Waals surface area contributed by atoms with E-state index < -0.39 is 5.82 Å². The Morgan fingerprint density at radius 1 is 1.21 bits per heavy atom. The lowest BCUT2D eigenvalue weighted by Gasteiger charge is -2.40. The number of para-hydroxylation sites is 1. The van der Waals surface area contributed by atoms with Gasteiger partial charge in [0.25, 0.3) is 0 Å². The summed E-state index contributed by atoms with van der Waals surface area (Å²) < 4.78 is 19.1. The molecule has 0 saturated carbocycles. The number of hydrogen-bond donors (Lipinski definition) is 0. The maximum absolute atomic E-state index is 13.6. The number of rotatable bonds is 3. The highest BCUT2D eigenvalue weighted by atomic mass is 19.1. The zero-order valence-corrected chi connectivity index (χ0v) is 14.3. The predicted octanol–water partition coefficient (Wildman–Crippen LogP) is 2.06. The molecule has 2 amide bonds. The summed E-state index contributed by atoms with van der Waals surface area (Å²) in [5.74, 6) is -0.454. The Bertz CT molecular complexity index is 650. The minimum Gasteiger partial charge on any atom is -0.484 e. The van der Waals surface area contributed by atoms with Crippen LogP contribution in [-0.2, 0) is 9.59 Å².